The molecule has 0 spiro atoms. The number of morpholine rings is 1. The van der Waals surface area contributed by atoms with Crippen molar-refractivity contribution in [1.82, 2.24) is 20.0 Å². The molecule has 0 bridgehead atoms. The zero-order chi connectivity index (χ0) is 19.2. The van der Waals surface area contributed by atoms with Crippen molar-refractivity contribution in [2.24, 2.45) is 4.99 Å². The molecule has 3 aliphatic heterocycles. The van der Waals surface area contributed by atoms with Crippen LogP contribution in [0.25, 0.3) is 0 Å². The van der Waals surface area contributed by atoms with Gasteiger partial charge in [0.1, 0.15) is 0 Å². The number of nitrogens with zero attached hydrogens (tertiary/aromatic N) is 4. The monoisotopic (exact) mass is 385 g/mol. The minimum absolute atomic E-state index is 0.276. The molecule has 1 aromatic carbocycles. The van der Waals surface area contributed by atoms with Gasteiger partial charge in [-0.25, -0.2) is 0 Å². The van der Waals surface area contributed by atoms with Crippen LogP contribution in [0.4, 0.5) is 0 Å². The van der Waals surface area contributed by atoms with Crippen LogP contribution in [0, 0.1) is 0 Å². The molecule has 0 saturated carbocycles. The summed E-state index contributed by atoms with van der Waals surface area (Å²) >= 11 is 0. The number of piperidine rings is 1. The third kappa shape index (κ3) is 4.85. The summed E-state index contributed by atoms with van der Waals surface area (Å²) < 4.78 is 6.12. The van der Waals surface area contributed by atoms with Crippen molar-refractivity contribution in [3.63, 3.8) is 0 Å². The first-order chi connectivity index (χ1) is 13.8. The molecule has 6 heteroatoms. The Morgan fingerprint density at radius 3 is 2.71 bits per heavy atom. The molecule has 3 heterocycles. The van der Waals surface area contributed by atoms with E-state index in [1.807, 2.05) is 7.05 Å². The third-order valence-electron chi connectivity index (χ3n) is 6.32. The second-order valence-electron chi connectivity index (χ2n) is 8.21. The maximum absolute atomic E-state index is 6.12. The van der Waals surface area contributed by atoms with Crippen molar-refractivity contribution in [2.75, 3.05) is 59.5 Å². The maximum Gasteiger partial charge on any atom is 0.193 e. The Morgan fingerprint density at radius 1 is 1.11 bits per heavy atom. The molecule has 6 nitrogen and oxygen atoms in total. The molecule has 4 rings (SSSR count). The normalized spacial score (nSPS) is 27.0. The zero-order valence-corrected chi connectivity index (χ0v) is 17.2. The molecule has 0 aromatic heterocycles. The molecule has 28 heavy (non-hydrogen) atoms. The second kappa shape index (κ2) is 9.72. The van der Waals surface area contributed by atoms with E-state index in [9.17, 15) is 0 Å². The van der Waals surface area contributed by atoms with Crippen molar-refractivity contribution in [2.45, 2.75) is 38.0 Å². The third-order valence-corrected chi connectivity index (χ3v) is 6.32. The van der Waals surface area contributed by atoms with Gasteiger partial charge < -0.3 is 19.9 Å². The first kappa shape index (κ1) is 19.7. The smallest absolute Gasteiger partial charge is 0.193 e. The standard InChI is InChI=1S/C22H35N5O/c1-23-22(24-10-13-25-11-6-3-7-12-25)27-17-20-21(18-27)28-15-14-26(20)16-19-8-4-2-5-9-19/h2,4-5,8-9,20-21H,3,6-7,10-18H2,1H3,(H,23,24). The zero-order valence-electron chi connectivity index (χ0n) is 17.2. The molecule has 1 N–H and O–H groups in total. The number of likely N-dealkylation sites (tertiary alicyclic amines) is 2. The number of hydrogen-bond donors (Lipinski definition) is 1. The number of fused-ring (bicyclic) bond motifs is 1. The lowest BCUT2D eigenvalue weighted by Gasteiger charge is -2.36. The van der Waals surface area contributed by atoms with E-state index >= 15 is 0 Å². The Kier molecular flexibility index (Phi) is 6.83. The number of rotatable bonds is 5. The number of guanidine groups is 1. The molecule has 3 aliphatic rings. The van der Waals surface area contributed by atoms with Gasteiger partial charge in [0.15, 0.2) is 5.96 Å². The van der Waals surface area contributed by atoms with Crippen LogP contribution >= 0.6 is 0 Å². The molecule has 2 atom stereocenters. The number of hydrogen-bond acceptors (Lipinski definition) is 4. The summed E-state index contributed by atoms with van der Waals surface area (Å²) in [7, 11) is 1.90. The van der Waals surface area contributed by atoms with Crippen LogP contribution in [-0.4, -0.2) is 92.3 Å². The van der Waals surface area contributed by atoms with Gasteiger partial charge in [0.05, 0.1) is 18.8 Å². The highest BCUT2D eigenvalue weighted by molar-refractivity contribution is 5.80. The minimum Gasteiger partial charge on any atom is -0.373 e. The van der Waals surface area contributed by atoms with Crippen LogP contribution in [0.15, 0.2) is 35.3 Å². The van der Waals surface area contributed by atoms with Crippen molar-refractivity contribution in [3.05, 3.63) is 35.9 Å². The Balaban J connectivity index is 1.30. The van der Waals surface area contributed by atoms with Gasteiger partial charge in [-0.15, -0.1) is 0 Å². The summed E-state index contributed by atoms with van der Waals surface area (Å²) in [6.45, 7) is 9.31. The topological polar surface area (TPSA) is 43.3 Å². The van der Waals surface area contributed by atoms with Crippen LogP contribution in [0.5, 0.6) is 0 Å². The molecule has 1 aromatic rings. The summed E-state index contributed by atoms with van der Waals surface area (Å²) in [6.07, 6.45) is 4.36. The fourth-order valence-electron chi connectivity index (χ4n) is 4.79. The van der Waals surface area contributed by atoms with Gasteiger partial charge in [-0.2, -0.15) is 0 Å². The molecule has 154 valence electrons. The van der Waals surface area contributed by atoms with Crippen LogP contribution in [0.1, 0.15) is 24.8 Å². The number of benzene rings is 1. The fourth-order valence-corrected chi connectivity index (χ4v) is 4.79. The summed E-state index contributed by atoms with van der Waals surface area (Å²) in [6, 6.07) is 11.2. The predicted molar refractivity (Wildman–Crippen MR) is 114 cm³/mol. The van der Waals surface area contributed by atoms with E-state index in [0.717, 1.165) is 51.8 Å². The molecule has 0 radical (unpaired) electrons. The Hall–Kier alpha value is -1.63. The van der Waals surface area contributed by atoms with Gasteiger partial charge in [0, 0.05) is 46.3 Å². The Morgan fingerprint density at radius 2 is 1.93 bits per heavy atom. The number of ether oxygens (including phenoxy) is 1. The largest absolute Gasteiger partial charge is 0.373 e. The minimum atomic E-state index is 0.276. The van der Waals surface area contributed by atoms with E-state index in [1.54, 1.807) is 0 Å². The van der Waals surface area contributed by atoms with E-state index in [0.29, 0.717) is 6.04 Å². The van der Waals surface area contributed by atoms with Crippen molar-refractivity contribution in [1.29, 1.82) is 0 Å². The SMILES string of the molecule is CN=C(NCCN1CCCCC1)N1CC2OCCN(Cc3ccccc3)C2C1. The van der Waals surface area contributed by atoms with Crippen LogP contribution in [-0.2, 0) is 11.3 Å². The maximum atomic E-state index is 6.12. The van der Waals surface area contributed by atoms with Gasteiger partial charge >= 0.3 is 0 Å². The summed E-state index contributed by atoms with van der Waals surface area (Å²) in [4.78, 5) is 12.1. The van der Waals surface area contributed by atoms with Gasteiger partial charge in [0.2, 0.25) is 0 Å². The first-order valence-electron chi connectivity index (χ1n) is 10.9. The van der Waals surface area contributed by atoms with E-state index in [2.05, 4.69) is 55.3 Å². The van der Waals surface area contributed by atoms with E-state index in [4.69, 9.17) is 4.74 Å². The molecule has 2 unspecified atom stereocenters. The van der Waals surface area contributed by atoms with Gasteiger partial charge in [-0.3, -0.25) is 9.89 Å². The first-order valence-corrected chi connectivity index (χ1v) is 10.9. The van der Waals surface area contributed by atoms with Gasteiger partial charge in [-0.1, -0.05) is 36.8 Å². The van der Waals surface area contributed by atoms with Gasteiger partial charge in [0.25, 0.3) is 0 Å². The average Bonchev–Trinajstić information content (AvgIpc) is 3.18. The van der Waals surface area contributed by atoms with E-state index in [1.165, 1.54) is 37.9 Å². The molecular formula is C22H35N5O. The average molecular weight is 386 g/mol. The van der Waals surface area contributed by atoms with Crippen molar-refractivity contribution < 1.29 is 4.74 Å². The number of nitrogens with one attached hydrogen (secondary N) is 1. The van der Waals surface area contributed by atoms with E-state index in [-0.39, 0.29) is 6.10 Å². The quantitative estimate of drug-likeness (QED) is 0.617. The molecule has 3 fully saturated rings. The molecule has 3 saturated heterocycles. The Labute approximate surface area is 169 Å². The highest BCUT2D eigenvalue weighted by Crippen LogP contribution is 2.24. The fraction of sp³-hybridized carbons (Fsp3) is 0.682. The summed E-state index contributed by atoms with van der Waals surface area (Å²) in [5, 5.41) is 3.59. The van der Waals surface area contributed by atoms with Crippen molar-refractivity contribution in [3.8, 4) is 0 Å². The van der Waals surface area contributed by atoms with Crippen LogP contribution in [0.2, 0.25) is 0 Å². The van der Waals surface area contributed by atoms with Crippen LogP contribution < -0.4 is 5.32 Å². The molecule has 0 aliphatic carbocycles. The predicted octanol–water partition coefficient (Wildman–Crippen LogP) is 1.63. The Bertz CT molecular complexity index is 631. The number of aliphatic imine (C=N–C) groups is 1. The highest BCUT2D eigenvalue weighted by Gasteiger charge is 2.41. The van der Waals surface area contributed by atoms with Crippen molar-refractivity contribution >= 4 is 5.96 Å². The molecular weight excluding hydrogens is 350 g/mol. The lowest BCUT2D eigenvalue weighted by atomic mass is 10.1. The second-order valence-corrected chi connectivity index (χ2v) is 8.21. The molecule has 0 amide bonds. The lowest BCUT2D eigenvalue weighted by molar-refractivity contribution is -0.0502. The highest BCUT2D eigenvalue weighted by atomic mass is 16.5. The van der Waals surface area contributed by atoms with Gasteiger partial charge in [-0.05, 0) is 31.5 Å². The van der Waals surface area contributed by atoms with Crippen LogP contribution in [0.3, 0.4) is 0 Å². The lowest BCUT2D eigenvalue weighted by Crippen LogP contribution is -2.50. The summed E-state index contributed by atoms with van der Waals surface area (Å²) in [5.41, 5.74) is 1.38. The van der Waals surface area contributed by atoms with E-state index < -0.39 is 0 Å². The summed E-state index contributed by atoms with van der Waals surface area (Å²) in [5.74, 6) is 1.02.